The van der Waals surface area contributed by atoms with Crippen LogP contribution in [0.2, 0.25) is 0 Å². The summed E-state index contributed by atoms with van der Waals surface area (Å²) >= 11 is 1.35. The smallest absolute Gasteiger partial charge is 0.299 e. The van der Waals surface area contributed by atoms with Crippen molar-refractivity contribution < 1.29 is 28.7 Å². The minimum absolute atomic E-state index is 0.101. The summed E-state index contributed by atoms with van der Waals surface area (Å²) in [5.41, 5.74) is 2.92. The Kier molecular flexibility index (Phi) is 6.98. The lowest BCUT2D eigenvalue weighted by Gasteiger charge is -2.32. The summed E-state index contributed by atoms with van der Waals surface area (Å²) in [7, 11) is 0. The number of nitrogens with zero attached hydrogens (tertiary/aromatic N) is 2. The van der Waals surface area contributed by atoms with E-state index in [1.54, 1.807) is 48.5 Å². The number of rotatable bonds is 8. The van der Waals surface area contributed by atoms with Crippen LogP contribution in [0.15, 0.2) is 84.2 Å². The minimum Gasteiger partial charge on any atom is -0.454 e. The molecule has 0 aliphatic carbocycles. The number of amides is 3. The Morgan fingerprint density at radius 1 is 0.976 bits per heavy atom. The second-order valence-electron chi connectivity index (χ2n) is 9.66. The number of thiophene rings is 1. The number of nitrogens with one attached hydrogen (secondary N) is 1. The molecule has 1 atom stereocenters. The molecule has 41 heavy (non-hydrogen) atoms. The van der Waals surface area contributed by atoms with Crippen LogP contribution in [0.25, 0.3) is 0 Å². The summed E-state index contributed by atoms with van der Waals surface area (Å²) in [4.78, 5) is 56.9. The molecule has 0 spiro atoms. The van der Waals surface area contributed by atoms with E-state index >= 15 is 0 Å². The predicted molar refractivity (Wildman–Crippen MR) is 153 cm³/mol. The average Bonchev–Trinajstić information content (AvgIpc) is 3.72. The highest BCUT2D eigenvalue weighted by molar-refractivity contribution is 7.10. The highest BCUT2D eigenvalue weighted by Crippen LogP contribution is 2.36. The van der Waals surface area contributed by atoms with Crippen LogP contribution >= 0.6 is 11.3 Å². The van der Waals surface area contributed by atoms with Crippen LogP contribution in [0.3, 0.4) is 0 Å². The third-order valence-corrected chi connectivity index (χ3v) is 8.03. The SMILES string of the molecule is Cc1ccccc1CN(C(=O)CN1C(=O)C(=O)c2ccccc21)[C@H](C(=O)Nc1ccc2c(c1)OCO2)c1cccs1. The van der Waals surface area contributed by atoms with Crippen molar-refractivity contribution in [2.45, 2.75) is 19.5 Å². The standard InChI is InChI=1S/C31H25N3O6S/c1-19-7-2-3-8-20(19)16-34(27(35)17-33-23-10-5-4-9-22(23)29(36)31(33)38)28(26-11-6-14-41-26)30(37)32-21-12-13-24-25(15-21)40-18-39-24/h2-15,28H,16-18H2,1H3,(H,32,37)/t28-/m0/s1. The highest BCUT2D eigenvalue weighted by Gasteiger charge is 2.39. The first kappa shape index (κ1) is 26.3. The number of Topliss-reactive ketones (excluding diaryl/α,β-unsaturated/α-hetero) is 1. The second-order valence-corrected chi connectivity index (χ2v) is 10.6. The summed E-state index contributed by atoms with van der Waals surface area (Å²) in [6.45, 7) is 1.75. The van der Waals surface area contributed by atoms with Crippen molar-refractivity contribution in [2.24, 2.45) is 0 Å². The summed E-state index contributed by atoms with van der Waals surface area (Å²) in [6.07, 6.45) is 0. The van der Waals surface area contributed by atoms with Gasteiger partial charge in [0.15, 0.2) is 11.5 Å². The van der Waals surface area contributed by atoms with Gasteiger partial charge in [0.25, 0.3) is 17.6 Å². The van der Waals surface area contributed by atoms with Crippen molar-refractivity contribution in [1.82, 2.24) is 4.90 Å². The first-order chi connectivity index (χ1) is 19.9. The lowest BCUT2D eigenvalue weighted by Crippen LogP contribution is -2.46. The molecule has 2 aliphatic rings. The summed E-state index contributed by atoms with van der Waals surface area (Å²) < 4.78 is 10.8. The van der Waals surface area contributed by atoms with Gasteiger partial charge in [-0.1, -0.05) is 42.5 Å². The van der Waals surface area contributed by atoms with Gasteiger partial charge in [-0.3, -0.25) is 24.1 Å². The Morgan fingerprint density at radius 2 is 1.76 bits per heavy atom. The molecule has 0 unspecified atom stereocenters. The zero-order chi connectivity index (χ0) is 28.5. The van der Waals surface area contributed by atoms with E-state index < -0.39 is 36.1 Å². The van der Waals surface area contributed by atoms with Crippen LogP contribution in [0.1, 0.15) is 32.4 Å². The van der Waals surface area contributed by atoms with Crippen molar-refractivity contribution in [3.8, 4) is 11.5 Å². The maximum Gasteiger partial charge on any atom is 0.299 e. The number of carbonyl (C=O) groups is 4. The van der Waals surface area contributed by atoms with Crippen molar-refractivity contribution >= 4 is 46.2 Å². The molecule has 0 saturated heterocycles. The van der Waals surface area contributed by atoms with E-state index in [4.69, 9.17) is 9.47 Å². The van der Waals surface area contributed by atoms with Gasteiger partial charge in [-0.2, -0.15) is 0 Å². The fraction of sp³-hybridized carbons (Fsp3) is 0.161. The number of para-hydroxylation sites is 1. The van der Waals surface area contributed by atoms with Gasteiger partial charge >= 0.3 is 0 Å². The number of ketones is 1. The monoisotopic (exact) mass is 567 g/mol. The minimum atomic E-state index is -1.02. The zero-order valence-electron chi connectivity index (χ0n) is 22.0. The Bertz CT molecular complexity index is 1670. The van der Waals surface area contributed by atoms with Crippen molar-refractivity contribution in [3.05, 3.63) is 106 Å². The normalized spacial score (nSPS) is 14.1. The van der Waals surface area contributed by atoms with Crippen LogP contribution in [-0.2, 0) is 20.9 Å². The zero-order valence-corrected chi connectivity index (χ0v) is 22.9. The highest BCUT2D eigenvalue weighted by atomic mass is 32.1. The molecule has 3 amide bonds. The Labute approximate surface area is 239 Å². The lowest BCUT2D eigenvalue weighted by molar-refractivity contribution is -0.138. The number of ether oxygens (including phenoxy) is 2. The van der Waals surface area contributed by atoms with E-state index in [9.17, 15) is 19.2 Å². The number of fused-ring (bicyclic) bond motifs is 2. The van der Waals surface area contributed by atoms with Gasteiger partial charge in [-0.05, 0) is 53.8 Å². The van der Waals surface area contributed by atoms with E-state index in [0.717, 1.165) is 11.1 Å². The number of benzene rings is 3. The van der Waals surface area contributed by atoms with E-state index in [-0.39, 0.29) is 18.9 Å². The predicted octanol–water partition coefficient (Wildman–Crippen LogP) is 4.72. The van der Waals surface area contributed by atoms with E-state index in [2.05, 4.69) is 5.32 Å². The first-order valence-electron chi connectivity index (χ1n) is 12.9. The van der Waals surface area contributed by atoms with Crippen LogP contribution in [0.4, 0.5) is 11.4 Å². The number of anilines is 2. The van der Waals surface area contributed by atoms with Gasteiger partial charge in [0, 0.05) is 23.2 Å². The van der Waals surface area contributed by atoms with Crippen LogP contribution in [0.5, 0.6) is 11.5 Å². The van der Waals surface area contributed by atoms with E-state index in [1.807, 2.05) is 42.6 Å². The molecule has 3 heterocycles. The number of aryl methyl sites for hydroxylation is 1. The fourth-order valence-corrected chi connectivity index (χ4v) is 5.82. The molecule has 0 bridgehead atoms. The summed E-state index contributed by atoms with van der Waals surface area (Å²) in [5, 5.41) is 4.76. The number of hydrogen-bond donors (Lipinski definition) is 1. The Morgan fingerprint density at radius 3 is 2.56 bits per heavy atom. The van der Waals surface area contributed by atoms with Gasteiger partial charge in [-0.15, -0.1) is 11.3 Å². The summed E-state index contributed by atoms with van der Waals surface area (Å²) in [6, 6.07) is 21.9. The number of hydrogen-bond acceptors (Lipinski definition) is 7. The van der Waals surface area contributed by atoms with E-state index in [1.165, 1.54) is 21.1 Å². The molecular weight excluding hydrogens is 542 g/mol. The van der Waals surface area contributed by atoms with Crippen LogP contribution < -0.4 is 19.7 Å². The van der Waals surface area contributed by atoms with Gasteiger partial charge in [-0.25, -0.2) is 0 Å². The topological polar surface area (TPSA) is 105 Å². The molecule has 4 aromatic rings. The Balaban J connectivity index is 1.36. The second kappa shape index (κ2) is 10.9. The van der Waals surface area contributed by atoms with Gasteiger partial charge in [0.1, 0.15) is 12.6 Å². The molecule has 0 saturated carbocycles. The first-order valence-corrected chi connectivity index (χ1v) is 13.8. The molecule has 0 radical (unpaired) electrons. The summed E-state index contributed by atoms with van der Waals surface area (Å²) in [5.74, 6) is -1.25. The van der Waals surface area contributed by atoms with Gasteiger partial charge in [0.05, 0.1) is 11.3 Å². The lowest BCUT2D eigenvalue weighted by atomic mass is 10.1. The van der Waals surface area contributed by atoms with Gasteiger partial charge in [0.2, 0.25) is 12.7 Å². The molecule has 206 valence electrons. The van der Waals surface area contributed by atoms with Crippen molar-refractivity contribution in [1.29, 1.82) is 0 Å². The largest absolute Gasteiger partial charge is 0.454 e. The molecule has 10 heteroatoms. The quantitative estimate of drug-likeness (QED) is 0.309. The number of carbonyl (C=O) groups excluding carboxylic acids is 4. The third-order valence-electron chi connectivity index (χ3n) is 7.11. The molecule has 2 aliphatic heterocycles. The van der Waals surface area contributed by atoms with Crippen molar-refractivity contribution in [3.63, 3.8) is 0 Å². The molecule has 0 fully saturated rings. The molecule has 1 aromatic heterocycles. The van der Waals surface area contributed by atoms with E-state index in [0.29, 0.717) is 27.8 Å². The third kappa shape index (κ3) is 5.05. The van der Waals surface area contributed by atoms with Crippen LogP contribution in [-0.4, -0.2) is 41.7 Å². The fourth-order valence-electron chi connectivity index (χ4n) is 4.98. The maximum absolute atomic E-state index is 14.1. The molecule has 3 aromatic carbocycles. The molecule has 6 rings (SSSR count). The van der Waals surface area contributed by atoms with Crippen LogP contribution in [0, 0.1) is 6.92 Å². The maximum atomic E-state index is 14.1. The molecule has 1 N–H and O–H groups in total. The van der Waals surface area contributed by atoms with Crippen molar-refractivity contribution in [2.75, 3.05) is 23.6 Å². The average molecular weight is 568 g/mol. The molecular formula is C31H25N3O6S. The van der Waals surface area contributed by atoms with Gasteiger partial charge < -0.3 is 19.7 Å². The Hall–Kier alpha value is -4.96. The molecule has 9 nitrogen and oxygen atoms in total.